The van der Waals surface area contributed by atoms with Crippen molar-refractivity contribution in [1.82, 2.24) is 20.2 Å². The smallest absolute Gasteiger partial charge is 0.421 e. The molecular weight excluding hydrogens is 347 g/mol. The van der Waals surface area contributed by atoms with Gasteiger partial charge in [0.2, 0.25) is 5.88 Å². The fraction of sp³-hybridized carbons (Fsp3) is 0.412. The number of alkyl halides is 3. The first kappa shape index (κ1) is 19.6. The van der Waals surface area contributed by atoms with Gasteiger partial charge in [-0.15, -0.1) is 0 Å². The quantitative estimate of drug-likeness (QED) is 0.426. The molecule has 0 unspecified atom stereocenters. The number of rotatable bonds is 8. The Hall–Kier alpha value is -2.71. The second-order valence-corrected chi connectivity index (χ2v) is 5.31. The van der Waals surface area contributed by atoms with E-state index in [0.29, 0.717) is 25.6 Å². The van der Waals surface area contributed by atoms with E-state index >= 15 is 0 Å². The number of guanidine groups is 1. The van der Waals surface area contributed by atoms with Crippen molar-refractivity contribution >= 4 is 5.96 Å². The summed E-state index contributed by atoms with van der Waals surface area (Å²) in [7, 11) is 0. The molecule has 0 aromatic carbocycles. The van der Waals surface area contributed by atoms with Gasteiger partial charge in [-0.1, -0.05) is 0 Å². The van der Waals surface area contributed by atoms with E-state index in [1.54, 1.807) is 0 Å². The molecule has 2 rings (SSSR count). The third kappa shape index (κ3) is 6.30. The van der Waals surface area contributed by atoms with E-state index in [9.17, 15) is 13.2 Å². The molecule has 0 saturated heterocycles. The number of aliphatic imine (C=N–C) groups is 1. The van der Waals surface area contributed by atoms with Crippen molar-refractivity contribution < 1.29 is 17.9 Å². The van der Waals surface area contributed by atoms with E-state index in [-0.39, 0.29) is 6.61 Å². The van der Waals surface area contributed by atoms with Crippen molar-refractivity contribution in [2.24, 2.45) is 4.99 Å². The normalized spacial score (nSPS) is 12.1. The average molecular weight is 369 g/mol. The van der Waals surface area contributed by atoms with E-state index in [4.69, 9.17) is 4.74 Å². The molecule has 0 aliphatic heterocycles. The maximum atomic E-state index is 12.9. The first-order valence-corrected chi connectivity index (χ1v) is 8.28. The monoisotopic (exact) mass is 369 g/mol. The molecule has 142 valence electrons. The van der Waals surface area contributed by atoms with Crippen LogP contribution in [-0.2, 0) is 12.7 Å². The van der Waals surface area contributed by atoms with Crippen molar-refractivity contribution in [1.29, 1.82) is 0 Å². The fourth-order valence-corrected chi connectivity index (χ4v) is 2.18. The number of nitrogens with one attached hydrogen (secondary N) is 2. The Morgan fingerprint density at radius 1 is 1.23 bits per heavy atom. The number of ether oxygens (including phenoxy) is 1. The first-order chi connectivity index (χ1) is 12.5. The highest BCUT2D eigenvalue weighted by Gasteiger charge is 2.34. The van der Waals surface area contributed by atoms with Gasteiger partial charge in [-0.3, -0.25) is 4.99 Å². The van der Waals surface area contributed by atoms with Crippen LogP contribution in [0.4, 0.5) is 13.2 Å². The second-order valence-electron chi connectivity index (χ2n) is 5.31. The zero-order chi connectivity index (χ0) is 18.8. The van der Waals surface area contributed by atoms with E-state index in [2.05, 4.69) is 20.6 Å². The minimum absolute atomic E-state index is 0.0299. The molecule has 26 heavy (non-hydrogen) atoms. The lowest BCUT2D eigenvalue weighted by Crippen LogP contribution is -2.39. The largest absolute Gasteiger partial charge is 0.475 e. The molecule has 2 aromatic heterocycles. The highest BCUT2D eigenvalue weighted by Crippen LogP contribution is 2.34. The van der Waals surface area contributed by atoms with E-state index in [0.717, 1.165) is 12.6 Å². The molecule has 9 heteroatoms. The minimum Gasteiger partial charge on any atom is -0.475 e. The molecule has 0 saturated carbocycles. The predicted octanol–water partition coefficient (Wildman–Crippen LogP) is 2.54. The highest BCUT2D eigenvalue weighted by molar-refractivity contribution is 5.79. The summed E-state index contributed by atoms with van der Waals surface area (Å²) in [4.78, 5) is 8.07. The van der Waals surface area contributed by atoms with Crippen molar-refractivity contribution in [3.63, 3.8) is 0 Å². The Morgan fingerprint density at radius 2 is 2.00 bits per heavy atom. The van der Waals surface area contributed by atoms with Gasteiger partial charge in [0.15, 0.2) is 5.96 Å². The molecule has 2 aromatic rings. The van der Waals surface area contributed by atoms with Crippen LogP contribution < -0.4 is 15.4 Å². The number of aromatic nitrogens is 2. The molecule has 0 spiro atoms. The first-order valence-electron chi connectivity index (χ1n) is 8.28. The Balaban J connectivity index is 1.81. The molecule has 2 N–H and O–H groups in total. The third-order valence-corrected chi connectivity index (χ3v) is 3.35. The maximum Gasteiger partial charge on any atom is 0.421 e. The van der Waals surface area contributed by atoms with Gasteiger partial charge in [-0.05, 0) is 31.2 Å². The van der Waals surface area contributed by atoms with Crippen LogP contribution in [0.2, 0.25) is 0 Å². The lowest BCUT2D eigenvalue weighted by Gasteiger charge is -2.14. The zero-order valence-corrected chi connectivity index (χ0v) is 14.5. The number of halogens is 3. The summed E-state index contributed by atoms with van der Waals surface area (Å²) < 4.78 is 45.8. The summed E-state index contributed by atoms with van der Waals surface area (Å²) in [5.74, 6) is 0.164. The molecule has 0 aliphatic rings. The van der Waals surface area contributed by atoms with E-state index < -0.39 is 17.6 Å². The highest BCUT2D eigenvalue weighted by atomic mass is 19.4. The Morgan fingerprint density at radius 3 is 2.69 bits per heavy atom. The lowest BCUT2D eigenvalue weighted by atomic mass is 10.2. The van der Waals surface area contributed by atoms with Crippen LogP contribution in [0, 0.1) is 0 Å². The summed E-state index contributed by atoms with van der Waals surface area (Å²) >= 11 is 0. The Kier molecular flexibility index (Phi) is 7.31. The maximum absolute atomic E-state index is 12.9. The Bertz CT molecular complexity index is 686. The molecule has 0 bridgehead atoms. The minimum atomic E-state index is -4.49. The molecule has 0 radical (unpaired) electrons. The summed E-state index contributed by atoms with van der Waals surface area (Å²) in [6.07, 6.45) is 0.681. The zero-order valence-electron chi connectivity index (χ0n) is 14.5. The van der Waals surface area contributed by atoms with Gasteiger partial charge in [0, 0.05) is 31.7 Å². The standard InChI is InChI=1S/C17H22F3N5O/c1-2-21-16(23-8-12-25-10-3-4-11-25)24-9-13-26-15-14(17(18,19)20)6-5-7-22-15/h3-7,10-11H,2,8-9,12-13H2,1H3,(H2,21,23,24). The molecule has 2 heterocycles. The summed E-state index contributed by atoms with van der Waals surface area (Å²) in [5.41, 5.74) is -0.882. The van der Waals surface area contributed by atoms with Crippen LogP contribution in [0.15, 0.2) is 47.8 Å². The van der Waals surface area contributed by atoms with Gasteiger partial charge < -0.3 is 19.9 Å². The van der Waals surface area contributed by atoms with Crippen LogP contribution in [0.3, 0.4) is 0 Å². The van der Waals surface area contributed by atoms with Crippen LogP contribution in [0.5, 0.6) is 5.88 Å². The van der Waals surface area contributed by atoms with Crippen LogP contribution in [0.25, 0.3) is 0 Å². The van der Waals surface area contributed by atoms with Crippen molar-refractivity contribution in [2.45, 2.75) is 19.6 Å². The van der Waals surface area contributed by atoms with E-state index in [1.807, 2.05) is 36.0 Å². The van der Waals surface area contributed by atoms with E-state index in [1.165, 1.54) is 12.3 Å². The number of hydrogen-bond donors (Lipinski definition) is 2. The summed E-state index contributed by atoms with van der Waals surface area (Å²) in [6.45, 7) is 4.25. The van der Waals surface area contributed by atoms with Gasteiger partial charge in [0.25, 0.3) is 0 Å². The SMILES string of the molecule is CCNC(=NCCn1cccc1)NCCOc1ncccc1C(F)(F)F. The Labute approximate surface area is 150 Å². The van der Waals surface area contributed by atoms with Gasteiger partial charge in [-0.25, -0.2) is 4.98 Å². The molecule has 0 aliphatic carbocycles. The molecular formula is C17H22F3N5O. The molecule has 0 atom stereocenters. The van der Waals surface area contributed by atoms with Crippen molar-refractivity contribution in [3.8, 4) is 5.88 Å². The van der Waals surface area contributed by atoms with Gasteiger partial charge in [-0.2, -0.15) is 13.2 Å². The van der Waals surface area contributed by atoms with Crippen molar-refractivity contribution in [3.05, 3.63) is 48.4 Å². The molecule has 6 nitrogen and oxygen atoms in total. The average Bonchev–Trinajstić information content (AvgIpc) is 3.11. The van der Waals surface area contributed by atoms with Crippen LogP contribution in [0.1, 0.15) is 12.5 Å². The number of nitrogens with zero attached hydrogens (tertiary/aromatic N) is 3. The second kappa shape index (κ2) is 9.69. The molecule has 0 amide bonds. The van der Waals surface area contributed by atoms with Crippen molar-refractivity contribution in [2.75, 3.05) is 26.2 Å². The predicted molar refractivity (Wildman–Crippen MR) is 93.1 cm³/mol. The van der Waals surface area contributed by atoms with Crippen LogP contribution in [-0.4, -0.2) is 41.8 Å². The lowest BCUT2D eigenvalue weighted by molar-refractivity contribution is -0.139. The topological polar surface area (TPSA) is 63.5 Å². The van der Waals surface area contributed by atoms with Gasteiger partial charge in [0.05, 0.1) is 13.1 Å². The van der Waals surface area contributed by atoms with Gasteiger partial charge in [0.1, 0.15) is 12.2 Å². The summed E-state index contributed by atoms with van der Waals surface area (Å²) in [6, 6.07) is 6.06. The number of hydrogen-bond acceptors (Lipinski definition) is 3. The number of pyridine rings is 1. The third-order valence-electron chi connectivity index (χ3n) is 3.35. The van der Waals surface area contributed by atoms with Crippen LogP contribution >= 0.6 is 0 Å². The molecule has 0 fully saturated rings. The van der Waals surface area contributed by atoms with Gasteiger partial charge >= 0.3 is 6.18 Å². The summed E-state index contributed by atoms with van der Waals surface area (Å²) in [5, 5.41) is 6.10. The fourth-order valence-electron chi connectivity index (χ4n) is 2.18.